The fourth-order valence-electron chi connectivity index (χ4n) is 2.22. The molecule has 0 amide bonds. The smallest absolute Gasteiger partial charge is 0.169 e. The molecule has 0 saturated heterocycles. The Balaban J connectivity index is 2.41. The molecule has 4 nitrogen and oxygen atoms in total. The van der Waals surface area contributed by atoms with Crippen molar-refractivity contribution in [1.82, 2.24) is 0 Å². The predicted octanol–water partition coefficient (Wildman–Crippen LogP) is 4.65. The van der Waals surface area contributed by atoms with Crippen LogP contribution in [0.25, 0.3) is 12.2 Å². The van der Waals surface area contributed by atoms with Crippen molar-refractivity contribution in [2.75, 3.05) is 28.4 Å². The monoisotopic (exact) mass is 378 g/mol. The van der Waals surface area contributed by atoms with Crippen molar-refractivity contribution in [3.8, 4) is 23.0 Å². The number of benzene rings is 2. The van der Waals surface area contributed by atoms with Gasteiger partial charge in [0.15, 0.2) is 23.0 Å². The van der Waals surface area contributed by atoms with Crippen LogP contribution < -0.4 is 18.9 Å². The van der Waals surface area contributed by atoms with Crippen LogP contribution in [-0.4, -0.2) is 28.4 Å². The molecule has 2 aromatic carbocycles. The first-order valence-corrected chi connectivity index (χ1v) is 7.74. The average Bonchev–Trinajstić information content (AvgIpc) is 2.59. The van der Waals surface area contributed by atoms with Crippen molar-refractivity contribution < 1.29 is 18.9 Å². The van der Waals surface area contributed by atoms with Gasteiger partial charge in [-0.15, -0.1) is 0 Å². The number of hydrogen-bond acceptors (Lipinski definition) is 4. The quantitative estimate of drug-likeness (QED) is 0.685. The second-order valence-electron chi connectivity index (χ2n) is 4.64. The summed E-state index contributed by atoms with van der Waals surface area (Å²) in [5, 5.41) is 0. The summed E-state index contributed by atoms with van der Waals surface area (Å²) < 4.78 is 22.3. The first-order valence-electron chi connectivity index (χ1n) is 6.95. The molecule has 23 heavy (non-hydrogen) atoms. The summed E-state index contributed by atoms with van der Waals surface area (Å²) in [5.74, 6) is 2.75. The SMILES string of the molecule is COc1ccc(C=Cc2c(Br)ccc(OC)c2OC)cc1OC. The highest BCUT2D eigenvalue weighted by molar-refractivity contribution is 9.10. The van der Waals surface area contributed by atoms with Gasteiger partial charge in [0, 0.05) is 10.0 Å². The number of methoxy groups -OCH3 is 4. The second-order valence-corrected chi connectivity index (χ2v) is 5.50. The van der Waals surface area contributed by atoms with Gasteiger partial charge in [-0.3, -0.25) is 0 Å². The number of hydrogen-bond donors (Lipinski definition) is 0. The first-order chi connectivity index (χ1) is 11.1. The van der Waals surface area contributed by atoms with Crippen molar-refractivity contribution >= 4 is 28.1 Å². The van der Waals surface area contributed by atoms with Gasteiger partial charge in [-0.05, 0) is 35.9 Å². The highest BCUT2D eigenvalue weighted by atomic mass is 79.9. The van der Waals surface area contributed by atoms with E-state index in [9.17, 15) is 0 Å². The molecule has 0 heterocycles. The minimum atomic E-state index is 0.679. The summed E-state index contributed by atoms with van der Waals surface area (Å²) in [6.45, 7) is 0. The van der Waals surface area contributed by atoms with Gasteiger partial charge in [0.05, 0.1) is 28.4 Å². The maximum Gasteiger partial charge on any atom is 0.169 e. The molecule has 0 aliphatic heterocycles. The summed E-state index contributed by atoms with van der Waals surface area (Å²) in [4.78, 5) is 0. The molecule has 5 heteroatoms. The number of ether oxygens (including phenoxy) is 4. The third-order valence-electron chi connectivity index (χ3n) is 3.38. The first kappa shape index (κ1) is 17.2. The zero-order valence-corrected chi connectivity index (χ0v) is 15.1. The minimum absolute atomic E-state index is 0.679. The number of halogens is 1. The summed E-state index contributed by atoms with van der Waals surface area (Å²) >= 11 is 3.54. The molecule has 0 fully saturated rings. The molecule has 0 bridgehead atoms. The van der Waals surface area contributed by atoms with E-state index in [-0.39, 0.29) is 0 Å². The average molecular weight is 379 g/mol. The third kappa shape index (κ3) is 3.79. The Kier molecular flexibility index (Phi) is 5.93. The van der Waals surface area contributed by atoms with Gasteiger partial charge in [-0.1, -0.05) is 28.1 Å². The molecular weight excluding hydrogens is 360 g/mol. The van der Waals surface area contributed by atoms with E-state index in [1.54, 1.807) is 28.4 Å². The van der Waals surface area contributed by atoms with Gasteiger partial charge in [-0.2, -0.15) is 0 Å². The van der Waals surface area contributed by atoms with E-state index >= 15 is 0 Å². The van der Waals surface area contributed by atoms with Gasteiger partial charge in [0.2, 0.25) is 0 Å². The Morgan fingerprint density at radius 2 is 1.39 bits per heavy atom. The molecule has 0 unspecified atom stereocenters. The minimum Gasteiger partial charge on any atom is -0.493 e. The summed E-state index contributed by atoms with van der Waals surface area (Å²) in [6.07, 6.45) is 3.94. The van der Waals surface area contributed by atoms with Crippen molar-refractivity contribution in [2.45, 2.75) is 0 Å². The molecule has 0 aromatic heterocycles. The second kappa shape index (κ2) is 7.92. The van der Waals surface area contributed by atoms with E-state index in [1.165, 1.54) is 0 Å². The lowest BCUT2D eigenvalue weighted by Gasteiger charge is -2.12. The van der Waals surface area contributed by atoms with Crippen LogP contribution in [0.4, 0.5) is 0 Å². The van der Waals surface area contributed by atoms with Crippen LogP contribution in [-0.2, 0) is 0 Å². The standard InChI is InChI=1S/C18H19BrO4/c1-20-15-9-6-12(11-17(15)22-3)5-7-13-14(19)8-10-16(21-2)18(13)23-4/h5-11H,1-4H3. The van der Waals surface area contributed by atoms with Gasteiger partial charge in [0.25, 0.3) is 0 Å². The molecule has 0 radical (unpaired) electrons. The van der Waals surface area contributed by atoms with Crippen LogP contribution in [0.5, 0.6) is 23.0 Å². The van der Waals surface area contributed by atoms with E-state index < -0.39 is 0 Å². The normalized spacial score (nSPS) is 10.7. The third-order valence-corrected chi connectivity index (χ3v) is 4.07. The lowest BCUT2D eigenvalue weighted by molar-refractivity contribution is 0.354. The highest BCUT2D eigenvalue weighted by Gasteiger charge is 2.11. The zero-order chi connectivity index (χ0) is 16.8. The highest BCUT2D eigenvalue weighted by Crippen LogP contribution is 2.37. The summed E-state index contributed by atoms with van der Waals surface area (Å²) in [7, 11) is 6.48. The van der Waals surface area contributed by atoms with E-state index in [4.69, 9.17) is 18.9 Å². The van der Waals surface area contributed by atoms with Crippen LogP contribution in [0.15, 0.2) is 34.8 Å². The van der Waals surface area contributed by atoms with Gasteiger partial charge < -0.3 is 18.9 Å². The Labute approximate surface area is 144 Å². The van der Waals surface area contributed by atoms with E-state index in [1.807, 2.05) is 42.5 Å². The van der Waals surface area contributed by atoms with Crippen LogP contribution in [0.2, 0.25) is 0 Å². The Bertz CT molecular complexity index is 710. The Hall–Kier alpha value is -2.14. The fraction of sp³-hybridized carbons (Fsp3) is 0.222. The van der Waals surface area contributed by atoms with Gasteiger partial charge in [0.1, 0.15) is 0 Å². The molecule has 0 aliphatic carbocycles. The van der Waals surface area contributed by atoms with Crippen LogP contribution in [0.3, 0.4) is 0 Å². The maximum atomic E-state index is 5.47. The van der Waals surface area contributed by atoms with Crippen molar-refractivity contribution in [2.24, 2.45) is 0 Å². The van der Waals surface area contributed by atoms with Crippen LogP contribution >= 0.6 is 15.9 Å². The van der Waals surface area contributed by atoms with Crippen molar-refractivity contribution in [1.29, 1.82) is 0 Å². The van der Waals surface area contributed by atoms with Crippen LogP contribution in [0, 0.1) is 0 Å². The lowest BCUT2D eigenvalue weighted by Crippen LogP contribution is -1.94. The molecule has 0 atom stereocenters. The fourth-order valence-corrected chi connectivity index (χ4v) is 2.66. The van der Waals surface area contributed by atoms with Gasteiger partial charge >= 0.3 is 0 Å². The molecule has 0 aliphatic rings. The molecule has 0 spiro atoms. The Morgan fingerprint density at radius 1 is 0.739 bits per heavy atom. The summed E-state index contributed by atoms with van der Waals surface area (Å²) in [6, 6.07) is 9.52. The van der Waals surface area contributed by atoms with Gasteiger partial charge in [-0.25, -0.2) is 0 Å². The topological polar surface area (TPSA) is 36.9 Å². The molecule has 2 aromatic rings. The van der Waals surface area contributed by atoms with Crippen molar-refractivity contribution in [3.05, 3.63) is 45.9 Å². The number of rotatable bonds is 6. The molecule has 122 valence electrons. The lowest BCUT2D eigenvalue weighted by atomic mass is 10.1. The van der Waals surface area contributed by atoms with E-state index in [2.05, 4.69) is 15.9 Å². The van der Waals surface area contributed by atoms with E-state index in [0.29, 0.717) is 23.0 Å². The van der Waals surface area contributed by atoms with Crippen LogP contribution in [0.1, 0.15) is 11.1 Å². The Morgan fingerprint density at radius 3 is 2.00 bits per heavy atom. The molecule has 2 rings (SSSR count). The molecular formula is C18H19BrO4. The van der Waals surface area contributed by atoms with E-state index in [0.717, 1.165) is 15.6 Å². The summed E-state index contributed by atoms with van der Waals surface area (Å²) in [5.41, 5.74) is 1.89. The zero-order valence-electron chi connectivity index (χ0n) is 13.6. The van der Waals surface area contributed by atoms with Crippen molar-refractivity contribution in [3.63, 3.8) is 0 Å². The molecule has 0 saturated carbocycles. The largest absolute Gasteiger partial charge is 0.493 e. The predicted molar refractivity (Wildman–Crippen MR) is 95.7 cm³/mol. The molecule has 0 N–H and O–H groups in total. The maximum absolute atomic E-state index is 5.47.